The summed E-state index contributed by atoms with van der Waals surface area (Å²) in [5.74, 6) is -6.86. The Morgan fingerprint density at radius 3 is 2.35 bits per heavy atom. The van der Waals surface area contributed by atoms with E-state index >= 15 is 0 Å². The lowest BCUT2D eigenvalue weighted by molar-refractivity contribution is -0.244. The van der Waals surface area contributed by atoms with Gasteiger partial charge in [0.05, 0.1) is 12.7 Å². The predicted octanol–water partition coefficient (Wildman–Crippen LogP) is 3.74. The van der Waals surface area contributed by atoms with Crippen LogP contribution in [-0.2, 0) is 28.7 Å². The molecule has 3 fully saturated rings. The van der Waals surface area contributed by atoms with Crippen molar-refractivity contribution in [3.63, 3.8) is 0 Å². The molecular weight excluding hydrogens is 497 g/mol. The number of ketones is 1. The molecule has 0 saturated heterocycles. The monoisotopic (exact) mass is 530 g/mol. The minimum atomic E-state index is -5.37. The van der Waals surface area contributed by atoms with E-state index in [1.807, 2.05) is 6.92 Å². The van der Waals surface area contributed by atoms with Crippen LogP contribution in [0.1, 0.15) is 71.6 Å². The number of fused-ring (bicyclic) bond motifs is 5. The van der Waals surface area contributed by atoms with E-state index in [1.54, 1.807) is 6.92 Å². The molecule has 8 nitrogen and oxygen atoms in total. The Balaban J connectivity index is 1.89. The Bertz CT molecular complexity index is 1050. The first-order chi connectivity index (χ1) is 17.0. The van der Waals surface area contributed by atoms with Crippen LogP contribution in [0.25, 0.3) is 0 Å². The van der Waals surface area contributed by atoms with Crippen LogP contribution in [0, 0.1) is 28.6 Å². The number of esters is 2. The lowest BCUT2D eigenvalue weighted by Crippen LogP contribution is -2.67. The molecule has 4 rings (SSSR count). The number of methoxy groups -OCH3 is 1. The summed E-state index contributed by atoms with van der Waals surface area (Å²) in [6.45, 7) is 3.72. The molecule has 2 N–H and O–H groups in total. The number of carboxylic acids is 1. The number of carboxylic acid groups (broad SMARTS) is 1. The fraction of sp³-hybridized carbons (Fsp3) is 0.769. The van der Waals surface area contributed by atoms with E-state index in [9.17, 15) is 42.6 Å². The normalized spacial score (nSPS) is 41.1. The van der Waals surface area contributed by atoms with Crippen molar-refractivity contribution in [3.8, 4) is 0 Å². The van der Waals surface area contributed by atoms with Gasteiger partial charge in [0.1, 0.15) is 0 Å². The summed E-state index contributed by atoms with van der Waals surface area (Å²) in [6, 6.07) is 0. The van der Waals surface area contributed by atoms with Gasteiger partial charge in [0.15, 0.2) is 5.78 Å². The van der Waals surface area contributed by atoms with Gasteiger partial charge < -0.3 is 19.7 Å². The number of halogens is 3. The predicted molar refractivity (Wildman–Crippen MR) is 121 cm³/mol. The Labute approximate surface area is 212 Å². The van der Waals surface area contributed by atoms with E-state index in [2.05, 4.69) is 0 Å². The third kappa shape index (κ3) is 4.08. The fourth-order valence-corrected chi connectivity index (χ4v) is 8.14. The molecule has 0 aromatic heterocycles. The minimum absolute atomic E-state index is 0.0444. The minimum Gasteiger partial charge on any atom is -0.481 e. The number of carbonyl (C=O) groups excluding carboxylic acids is 3. The van der Waals surface area contributed by atoms with Crippen molar-refractivity contribution in [2.45, 2.75) is 89.0 Å². The van der Waals surface area contributed by atoms with Gasteiger partial charge in [0, 0.05) is 25.2 Å². The number of hydrogen-bond donors (Lipinski definition) is 2. The Morgan fingerprint density at radius 1 is 1.11 bits per heavy atom. The van der Waals surface area contributed by atoms with Gasteiger partial charge in [0.2, 0.25) is 5.60 Å². The van der Waals surface area contributed by atoms with Gasteiger partial charge in [0.25, 0.3) is 0 Å². The van der Waals surface area contributed by atoms with Gasteiger partial charge in [-0.05, 0) is 67.3 Å². The zero-order valence-electron chi connectivity index (χ0n) is 21.2. The lowest BCUT2D eigenvalue weighted by atomic mass is 9.43. The first kappa shape index (κ1) is 27.6. The standard InChI is InChI=1S/C26H33F3O8/c1-22-8-4-15(30)12-14(22)13-25(20(33)36-3,37-21(34)26(27,28)29)19-16(22)5-9-23(2)17(19)6-10-24(23,35)11-7-18(31)32/h12,16-17,19,35H,4-11,13H2,1-3H3,(H,31,32)/t16-,17-,19+,22-,23-,24+,25-/m0/s1. The second-order valence-corrected chi connectivity index (χ2v) is 11.7. The van der Waals surface area contributed by atoms with Crippen molar-refractivity contribution in [2.24, 2.45) is 28.6 Å². The van der Waals surface area contributed by atoms with E-state index < -0.39 is 70.3 Å². The molecule has 0 unspecified atom stereocenters. The summed E-state index contributed by atoms with van der Waals surface area (Å²) in [4.78, 5) is 49.3. The average Bonchev–Trinajstić information content (AvgIpc) is 3.08. The van der Waals surface area contributed by atoms with Crippen LogP contribution < -0.4 is 0 Å². The molecule has 3 saturated carbocycles. The molecule has 0 radical (unpaired) electrons. The number of rotatable bonds is 5. The SMILES string of the molecule is COC(=O)[C@]1(OC(=O)C(F)(F)F)CC2=CC(=O)CC[C@]2(C)[C@H]2CC[C@@]3(C)[C@@H](CC[C@@]3(O)CCC(=O)O)[C@@H]21. The zero-order valence-corrected chi connectivity index (χ0v) is 21.2. The van der Waals surface area contributed by atoms with Crippen molar-refractivity contribution in [1.82, 2.24) is 0 Å². The van der Waals surface area contributed by atoms with Crippen LogP contribution in [0.15, 0.2) is 11.6 Å². The topological polar surface area (TPSA) is 127 Å². The zero-order chi connectivity index (χ0) is 27.6. The van der Waals surface area contributed by atoms with Crippen LogP contribution in [0.4, 0.5) is 13.2 Å². The highest BCUT2D eigenvalue weighted by atomic mass is 19.4. The summed E-state index contributed by atoms with van der Waals surface area (Å²) in [5.41, 5.74) is -4.86. The van der Waals surface area contributed by atoms with Crippen LogP contribution in [0.5, 0.6) is 0 Å². The molecule has 0 aliphatic heterocycles. The summed E-state index contributed by atoms with van der Waals surface area (Å²) in [7, 11) is 1.01. The van der Waals surface area contributed by atoms with Gasteiger partial charge in [-0.2, -0.15) is 13.2 Å². The molecule has 4 aliphatic rings. The molecule has 7 atom stereocenters. The third-order valence-corrected chi connectivity index (χ3v) is 10.2. The van der Waals surface area contributed by atoms with Crippen molar-refractivity contribution < 1.29 is 52.0 Å². The van der Waals surface area contributed by atoms with Crippen molar-refractivity contribution >= 4 is 23.7 Å². The molecular formula is C26H33F3O8. The number of alkyl halides is 3. The quantitative estimate of drug-likeness (QED) is 0.515. The molecule has 0 heterocycles. The van der Waals surface area contributed by atoms with E-state index in [-0.39, 0.29) is 31.5 Å². The molecule has 37 heavy (non-hydrogen) atoms. The lowest BCUT2D eigenvalue weighted by Gasteiger charge is -2.63. The molecule has 0 spiro atoms. The summed E-state index contributed by atoms with van der Waals surface area (Å²) in [5, 5.41) is 20.9. The molecule has 4 aliphatic carbocycles. The number of ether oxygens (including phenoxy) is 2. The third-order valence-electron chi connectivity index (χ3n) is 10.2. The Hall–Kier alpha value is -2.43. The highest BCUT2D eigenvalue weighted by Crippen LogP contribution is 2.70. The maximum Gasteiger partial charge on any atom is 0.490 e. The van der Waals surface area contributed by atoms with Gasteiger partial charge in [-0.25, -0.2) is 9.59 Å². The van der Waals surface area contributed by atoms with E-state index in [1.165, 1.54) is 6.08 Å². The maximum atomic E-state index is 13.5. The highest BCUT2D eigenvalue weighted by molar-refractivity contribution is 5.93. The van der Waals surface area contributed by atoms with Crippen LogP contribution in [0.2, 0.25) is 0 Å². The van der Waals surface area contributed by atoms with E-state index in [0.29, 0.717) is 31.3 Å². The van der Waals surface area contributed by atoms with Gasteiger partial charge >= 0.3 is 24.1 Å². The van der Waals surface area contributed by atoms with Gasteiger partial charge in [-0.1, -0.05) is 19.4 Å². The van der Waals surface area contributed by atoms with Crippen LogP contribution >= 0.6 is 0 Å². The summed E-state index contributed by atoms with van der Waals surface area (Å²) < 4.78 is 50.6. The number of aliphatic hydroxyl groups is 1. The van der Waals surface area contributed by atoms with E-state index in [4.69, 9.17) is 9.47 Å². The molecule has 0 aromatic carbocycles. The average molecular weight is 531 g/mol. The van der Waals surface area contributed by atoms with E-state index in [0.717, 1.165) is 7.11 Å². The van der Waals surface area contributed by atoms with Crippen molar-refractivity contribution in [2.75, 3.05) is 7.11 Å². The first-order valence-corrected chi connectivity index (χ1v) is 12.6. The molecule has 0 aromatic rings. The number of hydrogen-bond acceptors (Lipinski definition) is 7. The highest BCUT2D eigenvalue weighted by Gasteiger charge is 2.72. The number of aliphatic carboxylic acids is 1. The van der Waals surface area contributed by atoms with Crippen molar-refractivity contribution in [3.05, 3.63) is 11.6 Å². The number of carbonyl (C=O) groups is 4. The molecule has 11 heteroatoms. The Kier molecular flexibility index (Phi) is 6.57. The summed E-state index contributed by atoms with van der Waals surface area (Å²) in [6.07, 6.45) is -2.72. The Morgan fingerprint density at radius 2 is 1.76 bits per heavy atom. The maximum absolute atomic E-state index is 13.5. The second kappa shape index (κ2) is 8.81. The molecule has 0 bridgehead atoms. The molecule has 0 amide bonds. The first-order valence-electron chi connectivity index (χ1n) is 12.6. The summed E-state index contributed by atoms with van der Waals surface area (Å²) >= 11 is 0. The smallest absolute Gasteiger partial charge is 0.481 e. The largest absolute Gasteiger partial charge is 0.490 e. The van der Waals surface area contributed by atoms with Gasteiger partial charge in [-0.3, -0.25) is 9.59 Å². The fourth-order valence-electron chi connectivity index (χ4n) is 8.14. The van der Waals surface area contributed by atoms with Gasteiger partial charge in [-0.15, -0.1) is 0 Å². The van der Waals surface area contributed by atoms with Crippen molar-refractivity contribution in [1.29, 1.82) is 0 Å². The van der Waals surface area contributed by atoms with Crippen LogP contribution in [0.3, 0.4) is 0 Å². The molecule has 206 valence electrons. The second-order valence-electron chi connectivity index (χ2n) is 11.7. The van der Waals surface area contributed by atoms with Crippen LogP contribution in [-0.4, -0.2) is 58.4 Å².